The van der Waals surface area contributed by atoms with Crippen LogP contribution >= 0.6 is 0 Å². The van der Waals surface area contributed by atoms with Crippen molar-refractivity contribution in [1.82, 2.24) is 0 Å². The molecule has 0 saturated carbocycles. The molecule has 1 aromatic carbocycles. The third-order valence-corrected chi connectivity index (χ3v) is 2.64. The molecule has 15 heavy (non-hydrogen) atoms. The molecule has 1 nitrogen and oxygen atoms in total. The van der Waals surface area contributed by atoms with E-state index < -0.39 is 0 Å². The van der Waals surface area contributed by atoms with Crippen LogP contribution in [0.2, 0.25) is 0 Å². The normalized spacial score (nSPS) is 8.87. The lowest BCUT2D eigenvalue weighted by molar-refractivity contribution is 0.544. The average Bonchev–Trinajstić information content (AvgIpc) is 2.30. The summed E-state index contributed by atoms with van der Waals surface area (Å²) in [7, 11) is 0. The topological polar surface area (TPSA) is 31.5 Å². The first kappa shape index (κ1) is 16.6. The zero-order valence-corrected chi connectivity index (χ0v) is 10.6. The van der Waals surface area contributed by atoms with Crippen LogP contribution in [0.5, 0.6) is 0 Å². The molecule has 0 saturated heterocycles. The molecule has 2 N–H and O–H groups in total. The fraction of sp³-hybridized carbons (Fsp3) is 0.571. The van der Waals surface area contributed by atoms with Crippen LogP contribution in [0.1, 0.15) is 46.1 Å². The third-order valence-electron chi connectivity index (χ3n) is 2.64. The number of rotatable bonds is 3. The zero-order chi connectivity index (χ0) is 10.8. The van der Waals surface area contributed by atoms with Crippen molar-refractivity contribution in [3.05, 3.63) is 35.9 Å². The van der Waals surface area contributed by atoms with E-state index in [1.807, 2.05) is 6.07 Å². The smallest absolute Gasteiger partial charge is 0.0307 e. The largest absolute Gasteiger partial charge is 0.412 e. The molecule has 0 aliphatic carbocycles. The Labute approximate surface area is 94.8 Å². The molecular weight excluding hydrogens is 184 g/mol. The second-order valence-corrected chi connectivity index (χ2v) is 3.76. The molecule has 0 aliphatic heterocycles. The Kier molecular flexibility index (Phi) is 12.5. The Balaban J connectivity index is 0. The summed E-state index contributed by atoms with van der Waals surface area (Å²) in [6.45, 7) is 8.90. The molecule has 0 heterocycles. The van der Waals surface area contributed by atoms with Gasteiger partial charge >= 0.3 is 0 Å². The summed E-state index contributed by atoms with van der Waals surface area (Å²) in [6.07, 6.45) is 3.80. The van der Waals surface area contributed by atoms with E-state index in [0.29, 0.717) is 0 Å². The highest BCUT2D eigenvalue weighted by Gasteiger charge is 1.88. The summed E-state index contributed by atoms with van der Waals surface area (Å²) >= 11 is 0. The van der Waals surface area contributed by atoms with E-state index >= 15 is 0 Å². The van der Waals surface area contributed by atoms with E-state index in [9.17, 15) is 0 Å². The Morgan fingerprint density at radius 3 is 1.60 bits per heavy atom. The molecule has 0 atom stereocenters. The second kappa shape index (κ2) is 11.3. The highest BCUT2D eigenvalue weighted by Crippen LogP contribution is 2.02. The van der Waals surface area contributed by atoms with Gasteiger partial charge in [-0.15, -0.1) is 0 Å². The summed E-state index contributed by atoms with van der Waals surface area (Å²) in [5.41, 5.74) is 1.41. The maximum Gasteiger partial charge on any atom is -0.0307 e. The van der Waals surface area contributed by atoms with Gasteiger partial charge in [-0.2, -0.15) is 0 Å². The Hall–Kier alpha value is -0.820. The Morgan fingerprint density at radius 2 is 1.40 bits per heavy atom. The number of hydrogen-bond acceptors (Lipinski definition) is 0. The quantitative estimate of drug-likeness (QED) is 0.725. The van der Waals surface area contributed by atoms with Crippen molar-refractivity contribution in [2.45, 2.75) is 47.0 Å². The number of hydrogen-bond donors (Lipinski definition) is 0. The second-order valence-electron chi connectivity index (χ2n) is 3.76. The van der Waals surface area contributed by atoms with Crippen LogP contribution in [0, 0.1) is 5.92 Å². The maximum absolute atomic E-state index is 2.28. The molecule has 0 spiro atoms. The third kappa shape index (κ3) is 9.48. The van der Waals surface area contributed by atoms with Gasteiger partial charge in [-0.25, -0.2) is 0 Å². The van der Waals surface area contributed by atoms with Gasteiger partial charge in [0.15, 0.2) is 0 Å². The minimum atomic E-state index is 0. The maximum atomic E-state index is 2.28. The van der Waals surface area contributed by atoms with Crippen LogP contribution in [0.15, 0.2) is 30.3 Å². The van der Waals surface area contributed by atoms with Crippen molar-refractivity contribution in [1.29, 1.82) is 0 Å². The summed E-state index contributed by atoms with van der Waals surface area (Å²) in [5, 5.41) is 0. The van der Waals surface area contributed by atoms with Crippen LogP contribution in [-0.4, -0.2) is 5.48 Å². The lowest BCUT2D eigenvalue weighted by atomic mass is 10.1. The van der Waals surface area contributed by atoms with Gasteiger partial charge in [0.05, 0.1) is 0 Å². The summed E-state index contributed by atoms with van der Waals surface area (Å²) in [4.78, 5) is 0. The molecule has 0 unspecified atom stereocenters. The predicted molar refractivity (Wildman–Crippen MR) is 69.2 cm³/mol. The van der Waals surface area contributed by atoms with Crippen molar-refractivity contribution in [2.24, 2.45) is 5.92 Å². The van der Waals surface area contributed by atoms with Crippen molar-refractivity contribution in [3.63, 3.8) is 0 Å². The Bertz CT molecular complexity index is 202. The summed E-state index contributed by atoms with van der Waals surface area (Å²) in [5.74, 6) is 0.935. The molecule has 1 heteroatoms. The van der Waals surface area contributed by atoms with Gasteiger partial charge in [0.25, 0.3) is 0 Å². The van der Waals surface area contributed by atoms with E-state index in [1.165, 1.54) is 18.4 Å². The van der Waals surface area contributed by atoms with Crippen LogP contribution < -0.4 is 0 Å². The van der Waals surface area contributed by atoms with Crippen molar-refractivity contribution >= 4 is 0 Å². The van der Waals surface area contributed by atoms with Crippen molar-refractivity contribution in [2.75, 3.05) is 0 Å². The molecule has 0 aliphatic rings. The molecule has 0 bridgehead atoms. The van der Waals surface area contributed by atoms with E-state index in [0.717, 1.165) is 12.3 Å². The molecule has 0 fully saturated rings. The molecule has 0 aromatic heterocycles. The monoisotopic (exact) mass is 210 g/mol. The molecular formula is C14H26O. The van der Waals surface area contributed by atoms with Gasteiger partial charge in [-0.3, -0.25) is 0 Å². The Morgan fingerprint density at radius 1 is 0.933 bits per heavy atom. The van der Waals surface area contributed by atoms with Gasteiger partial charge in [0, 0.05) is 0 Å². The van der Waals surface area contributed by atoms with Gasteiger partial charge in [0.1, 0.15) is 0 Å². The number of aryl methyl sites for hydroxylation is 1. The number of benzene rings is 1. The van der Waals surface area contributed by atoms with Crippen LogP contribution in [0.3, 0.4) is 0 Å². The molecule has 88 valence electrons. The van der Waals surface area contributed by atoms with E-state index in [4.69, 9.17) is 0 Å². The first-order valence-corrected chi connectivity index (χ1v) is 5.78. The minimum absolute atomic E-state index is 0. The van der Waals surface area contributed by atoms with Crippen LogP contribution in [0.4, 0.5) is 0 Å². The average molecular weight is 210 g/mol. The highest BCUT2D eigenvalue weighted by molar-refractivity contribution is 5.13. The van der Waals surface area contributed by atoms with Crippen LogP contribution in [0.25, 0.3) is 0 Å². The van der Waals surface area contributed by atoms with E-state index in [1.54, 1.807) is 0 Å². The van der Waals surface area contributed by atoms with Crippen LogP contribution in [-0.2, 0) is 6.42 Å². The summed E-state index contributed by atoms with van der Waals surface area (Å²) < 4.78 is 0. The first-order chi connectivity index (χ1) is 6.74. The van der Waals surface area contributed by atoms with Crippen molar-refractivity contribution < 1.29 is 5.48 Å². The van der Waals surface area contributed by atoms with E-state index in [2.05, 4.69) is 52.0 Å². The van der Waals surface area contributed by atoms with E-state index in [-0.39, 0.29) is 5.48 Å². The molecule has 1 aromatic rings. The van der Waals surface area contributed by atoms with Gasteiger partial charge < -0.3 is 5.48 Å². The predicted octanol–water partition coefficient (Wildman–Crippen LogP) is 3.87. The lowest BCUT2D eigenvalue weighted by Gasteiger charge is -1.98. The lowest BCUT2D eigenvalue weighted by Crippen LogP contribution is -1.85. The molecule has 1 rings (SSSR count). The zero-order valence-electron chi connectivity index (χ0n) is 10.6. The summed E-state index contributed by atoms with van der Waals surface area (Å²) in [6, 6.07) is 10.5. The fourth-order valence-corrected chi connectivity index (χ4v) is 1.00. The molecule has 0 amide bonds. The molecule has 0 radical (unpaired) electrons. The standard InChI is InChI=1S/C8H10.C6H14.H2O/c1-2-8-6-4-3-5-7-8;1-4-6(3)5-2;/h3-7H,2H2,1H3;6H,4-5H2,1-3H3;1H2. The van der Waals surface area contributed by atoms with Gasteiger partial charge in [0.2, 0.25) is 0 Å². The minimum Gasteiger partial charge on any atom is -0.412 e. The SMILES string of the molecule is CCC(C)CC.CCc1ccccc1.O. The highest BCUT2D eigenvalue weighted by atomic mass is 16.0. The fourth-order valence-electron chi connectivity index (χ4n) is 1.00. The van der Waals surface area contributed by atoms with Gasteiger partial charge in [-0.05, 0) is 17.9 Å². The van der Waals surface area contributed by atoms with Gasteiger partial charge in [-0.1, -0.05) is 70.9 Å². The van der Waals surface area contributed by atoms with Crippen molar-refractivity contribution in [3.8, 4) is 0 Å². The first-order valence-electron chi connectivity index (χ1n) is 5.78.